The van der Waals surface area contributed by atoms with E-state index in [1.807, 2.05) is 11.3 Å². The summed E-state index contributed by atoms with van der Waals surface area (Å²) < 4.78 is 9.68. The fraction of sp³-hybridized carbons (Fsp3) is 0. The minimum absolute atomic E-state index is 0.680. The highest BCUT2D eigenvalue weighted by molar-refractivity contribution is 7.27. The van der Waals surface area contributed by atoms with Crippen molar-refractivity contribution in [2.45, 2.75) is 0 Å². The van der Waals surface area contributed by atoms with Crippen LogP contribution in [0.2, 0.25) is 0 Å². The van der Waals surface area contributed by atoms with Gasteiger partial charge in [-0.2, -0.15) is 0 Å². The van der Waals surface area contributed by atoms with Crippen LogP contribution in [0.15, 0.2) is 170 Å². The van der Waals surface area contributed by atoms with Gasteiger partial charge in [0, 0.05) is 68.5 Å². The number of hydrogen-bond acceptors (Lipinski definition) is 4. The molecule has 0 amide bonds. The first kappa shape index (κ1) is 31.0. The Balaban J connectivity index is 1.12. The molecule has 1 aliphatic heterocycles. The van der Waals surface area contributed by atoms with Gasteiger partial charge < -0.3 is 4.57 Å². The van der Waals surface area contributed by atoms with E-state index in [4.69, 9.17) is 9.97 Å². The van der Waals surface area contributed by atoms with Crippen LogP contribution in [0.4, 0.5) is 0 Å². The summed E-state index contributed by atoms with van der Waals surface area (Å²) in [6, 6.07) is 62.1. The highest BCUT2D eigenvalue weighted by atomic mass is 32.1. The van der Waals surface area contributed by atoms with Crippen molar-refractivity contribution in [1.29, 1.82) is 0 Å². The molecule has 0 N–H and O–H groups in total. The molecule has 1 aliphatic rings. The second-order valence-corrected chi connectivity index (χ2v) is 17.4. The molecule has 0 fully saturated rings. The van der Waals surface area contributed by atoms with Gasteiger partial charge in [0.05, 0.1) is 43.7 Å². The molecule has 0 saturated carbocycles. The third-order valence-corrected chi connectivity index (χ3v) is 14.7. The number of para-hydroxylation sites is 3. The number of hydrogen-bond donors (Lipinski definition) is 0. The maximum absolute atomic E-state index is 5.65. The SMILES string of the molecule is c1ccc2c(c1)-c1ccccc1-n1c3cc4c5ccccc5n(-c5nc(-c6cccc7c6sc6ccccc67)c6sc7ccccc7c6n5)c4cc3c3cccc-2c31. The van der Waals surface area contributed by atoms with Crippen LogP contribution in [-0.4, -0.2) is 19.1 Å². The lowest BCUT2D eigenvalue weighted by Crippen LogP contribution is -2.02. The lowest BCUT2D eigenvalue weighted by molar-refractivity contribution is 1.02. The van der Waals surface area contributed by atoms with E-state index in [-0.39, 0.29) is 0 Å². The first-order chi connectivity index (χ1) is 28.8. The van der Waals surface area contributed by atoms with Gasteiger partial charge in [-0.15, -0.1) is 22.7 Å². The van der Waals surface area contributed by atoms with Crippen molar-refractivity contribution in [2.75, 3.05) is 0 Å². The van der Waals surface area contributed by atoms with Crippen LogP contribution in [0.1, 0.15) is 0 Å². The summed E-state index contributed by atoms with van der Waals surface area (Å²) in [6.07, 6.45) is 0. The van der Waals surface area contributed by atoms with E-state index in [0.29, 0.717) is 5.95 Å². The Labute approximate surface area is 339 Å². The number of aromatic nitrogens is 4. The molecule has 14 rings (SSSR count). The van der Waals surface area contributed by atoms with Crippen molar-refractivity contribution in [3.05, 3.63) is 170 Å². The van der Waals surface area contributed by atoms with E-state index in [2.05, 4.69) is 179 Å². The zero-order valence-electron chi connectivity index (χ0n) is 30.8. The summed E-state index contributed by atoms with van der Waals surface area (Å²) in [7, 11) is 0. The highest BCUT2D eigenvalue weighted by Crippen LogP contribution is 2.49. The quantitative estimate of drug-likeness (QED) is 0.175. The van der Waals surface area contributed by atoms with Crippen molar-refractivity contribution in [1.82, 2.24) is 19.1 Å². The number of nitrogens with zero attached hydrogens (tertiary/aromatic N) is 4. The minimum atomic E-state index is 0.680. The maximum atomic E-state index is 5.65. The van der Waals surface area contributed by atoms with Gasteiger partial charge in [-0.25, -0.2) is 9.97 Å². The van der Waals surface area contributed by atoms with Crippen LogP contribution in [0.3, 0.4) is 0 Å². The topological polar surface area (TPSA) is 35.6 Å². The van der Waals surface area contributed by atoms with Crippen LogP contribution >= 0.6 is 22.7 Å². The molecule has 6 heterocycles. The fourth-order valence-electron chi connectivity index (χ4n) is 9.85. The molecule has 0 atom stereocenters. The van der Waals surface area contributed by atoms with E-state index in [1.165, 1.54) is 85.4 Å². The molecule has 268 valence electrons. The number of rotatable bonds is 2. The molecule has 13 aromatic rings. The van der Waals surface area contributed by atoms with Crippen LogP contribution < -0.4 is 0 Å². The second-order valence-electron chi connectivity index (χ2n) is 15.3. The molecule has 0 radical (unpaired) electrons. The summed E-state index contributed by atoms with van der Waals surface area (Å²) in [5, 5.41) is 8.49. The molecule has 6 heteroatoms. The smallest absolute Gasteiger partial charge is 0.235 e. The van der Waals surface area contributed by atoms with Gasteiger partial charge in [0.15, 0.2) is 0 Å². The Hall–Kier alpha value is -7.12. The Morgan fingerprint density at radius 2 is 0.931 bits per heavy atom. The minimum Gasteiger partial charge on any atom is -0.308 e. The van der Waals surface area contributed by atoms with Crippen LogP contribution in [0, 0.1) is 0 Å². The lowest BCUT2D eigenvalue weighted by Gasteiger charge is -2.12. The summed E-state index contributed by atoms with van der Waals surface area (Å²) in [6.45, 7) is 0. The average molecular weight is 773 g/mol. The molecule has 58 heavy (non-hydrogen) atoms. The van der Waals surface area contributed by atoms with Gasteiger partial charge in [-0.05, 0) is 47.5 Å². The van der Waals surface area contributed by atoms with Gasteiger partial charge in [-0.3, -0.25) is 4.57 Å². The Morgan fingerprint density at radius 1 is 0.362 bits per heavy atom. The number of thiophene rings is 2. The number of fused-ring (bicyclic) bond motifs is 17. The van der Waals surface area contributed by atoms with Crippen molar-refractivity contribution in [3.63, 3.8) is 0 Å². The van der Waals surface area contributed by atoms with Crippen LogP contribution in [-0.2, 0) is 0 Å². The number of benzene rings is 8. The Bertz CT molecular complexity index is 3930. The molecule has 0 saturated heterocycles. The lowest BCUT2D eigenvalue weighted by atomic mass is 9.94. The summed E-state index contributed by atoms with van der Waals surface area (Å²) in [4.78, 5) is 11.2. The molecule has 5 aromatic heterocycles. The normalized spacial score (nSPS) is 12.5. The fourth-order valence-corrected chi connectivity index (χ4v) is 12.2. The van der Waals surface area contributed by atoms with E-state index >= 15 is 0 Å². The average Bonchev–Trinajstić information content (AvgIpc) is 4.01. The largest absolute Gasteiger partial charge is 0.308 e. The first-order valence-electron chi connectivity index (χ1n) is 19.6. The molecule has 0 unspecified atom stereocenters. The van der Waals surface area contributed by atoms with E-state index in [0.717, 1.165) is 37.9 Å². The molecule has 0 spiro atoms. The predicted octanol–water partition coefficient (Wildman–Crippen LogP) is 14.7. The molecular formula is C52H28N4S2. The predicted molar refractivity (Wildman–Crippen MR) is 246 cm³/mol. The van der Waals surface area contributed by atoms with Gasteiger partial charge in [0.2, 0.25) is 5.95 Å². The van der Waals surface area contributed by atoms with Crippen molar-refractivity contribution >= 4 is 107 Å². The van der Waals surface area contributed by atoms with Gasteiger partial charge in [0.1, 0.15) is 0 Å². The zero-order valence-corrected chi connectivity index (χ0v) is 32.4. The Kier molecular flexibility index (Phi) is 6.02. The summed E-state index contributed by atoms with van der Waals surface area (Å²) in [5.41, 5.74) is 13.9. The van der Waals surface area contributed by atoms with E-state index in [1.54, 1.807) is 11.3 Å². The summed E-state index contributed by atoms with van der Waals surface area (Å²) in [5.74, 6) is 0.680. The van der Waals surface area contributed by atoms with Crippen molar-refractivity contribution in [3.8, 4) is 45.1 Å². The third-order valence-electron chi connectivity index (χ3n) is 12.3. The monoisotopic (exact) mass is 772 g/mol. The molecule has 4 nitrogen and oxygen atoms in total. The maximum Gasteiger partial charge on any atom is 0.235 e. The zero-order chi connectivity index (χ0) is 37.6. The standard InChI is InChI=1S/C52H28N4S2/c1-2-14-30-29(13-1)31-15-3-7-23-41(31)55-43-27-39-32-16-4-8-24-42(32)56(44(39)28-40(43)35-20-11-19-34(30)49(35)55)52-53-47-37-18-6-10-26-46(37)58-51(47)48(54-52)38-22-12-21-36-33-17-5-9-25-45(33)57-50(36)38/h1-28H. The Morgan fingerprint density at radius 3 is 1.78 bits per heavy atom. The molecule has 8 aromatic carbocycles. The third kappa shape index (κ3) is 3.98. The first-order valence-corrected chi connectivity index (χ1v) is 21.2. The van der Waals surface area contributed by atoms with Crippen LogP contribution in [0.5, 0.6) is 0 Å². The molecular weight excluding hydrogens is 745 g/mol. The van der Waals surface area contributed by atoms with Gasteiger partial charge in [-0.1, -0.05) is 133 Å². The van der Waals surface area contributed by atoms with E-state index < -0.39 is 0 Å². The van der Waals surface area contributed by atoms with Gasteiger partial charge in [0.25, 0.3) is 0 Å². The van der Waals surface area contributed by atoms with Crippen LogP contribution in [0.25, 0.3) is 129 Å². The van der Waals surface area contributed by atoms with E-state index in [9.17, 15) is 0 Å². The van der Waals surface area contributed by atoms with Crippen molar-refractivity contribution in [2.24, 2.45) is 0 Å². The van der Waals surface area contributed by atoms with Gasteiger partial charge >= 0.3 is 0 Å². The molecule has 0 aliphatic carbocycles. The second kappa shape index (κ2) is 11.3. The van der Waals surface area contributed by atoms with Crippen molar-refractivity contribution < 1.29 is 0 Å². The highest BCUT2D eigenvalue weighted by Gasteiger charge is 2.27. The summed E-state index contributed by atoms with van der Waals surface area (Å²) >= 11 is 3.63. The molecule has 0 bridgehead atoms.